The predicted octanol–water partition coefficient (Wildman–Crippen LogP) is 2.27. The summed E-state index contributed by atoms with van der Waals surface area (Å²) in [6.45, 7) is 5.14. The van der Waals surface area contributed by atoms with E-state index in [2.05, 4.69) is 17.3 Å². The molecule has 84 valence electrons. The van der Waals surface area contributed by atoms with E-state index in [0.717, 1.165) is 28.9 Å². The number of hydrogen-bond donors (Lipinski definition) is 1. The molecule has 1 aromatic rings. The van der Waals surface area contributed by atoms with E-state index in [9.17, 15) is 0 Å². The number of hydrogen-bond acceptors (Lipinski definition) is 2. The van der Waals surface area contributed by atoms with Crippen molar-refractivity contribution < 1.29 is 0 Å². The molecule has 1 fully saturated rings. The second-order valence-corrected chi connectivity index (χ2v) is 4.99. The maximum atomic E-state index is 6.15. The fourth-order valence-electron chi connectivity index (χ4n) is 2.19. The molecule has 0 atom stereocenters. The smallest absolute Gasteiger partial charge is 0.131 e. The van der Waals surface area contributed by atoms with Crippen LogP contribution in [0, 0.1) is 12.8 Å². The summed E-state index contributed by atoms with van der Waals surface area (Å²) in [6, 6.07) is 0.677. The highest BCUT2D eigenvalue weighted by atomic mass is 35.5. The Bertz CT molecular complexity index is 353. The number of halogens is 1. The van der Waals surface area contributed by atoms with Crippen molar-refractivity contribution in [1.29, 1.82) is 0 Å². The van der Waals surface area contributed by atoms with Gasteiger partial charge in [0.25, 0.3) is 0 Å². The fourth-order valence-corrected chi connectivity index (χ4v) is 2.43. The zero-order chi connectivity index (χ0) is 11.0. The zero-order valence-electron chi connectivity index (χ0n) is 9.55. The molecule has 3 nitrogen and oxygen atoms in total. The van der Waals surface area contributed by atoms with E-state index >= 15 is 0 Å². The lowest BCUT2D eigenvalue weighted by Crippen LogP contribution is -2.39. The van der Waals surface area contributed by atoms with Gasteiger partial charge in [-0.1, -0.05) is 18.5 Å². The molecule has 0 aromatic carbocycles. The third-order valence-electron chi connectivity index (χ3n) is 3.21. The first-order valence-corrected chi connectivity index (χ1v) is 5.87. The van der Waals surface area contributed by atoms with Gasteiger partial charge in [-0.2, -0.15) is 5.10 Å². The average molecular weight is 228 g/mol. The Morgan fingerprint density at radius 3 is 2.67 bits per heavy atom. The first-order valence-electron chi connectivity index (χ1n) is 5.49. The summed E-state index contributed by atoms with van der Waals surface area (Å²) in [5.41, 5.74) is 2.17. The van der Waals surface area contributed by atoms with Crippen molar-refractivity contribution in [2.75, 3.05) is 0 Å². The maximum Gasteiger partial charge on any atom is 0.131 e. The molecule has 1 aromatic heterocycles. The van der Waals surface area contributed by atoms with E-state index in [1.807, 2.05) is 14.0 Å². The lowest BCUT2D eigenvalue weighted by molar-refractivity contribution is 0.240. The van der Waals surface area contributed by atoms with E-state index in [-0.39, 0.29) is 0 Å². The molecule has 1 N–H and O–H groups in total. The van der Waals surface area contributed by atoms with E-state index in [4.69, 9.17) is 11.6 Å². The molecule has 0 unspecified atom stereocenters. The van der Waals surface area contributed by atoms with Crippen LogP contribution in [-0.2, 0) is 13.6 Å². The second kappa shape index (κ2) is 4.14. The van der Waals surface area contributed by atoms with E-state index < -0.39 is 0 Å². The summed E-state index contributed by atoms with van der Waals surface area (Å²) < 4.78 is 1.73. The molecule has 1 heterocycles. The number of aromatic nitrogens is 2. The molecular formula is C11H18ClN3. The Kier molecular flexibility index (Phi) is 3.03. The minimum absolute atomic E-state index is 0.677. The average Bonchev–Trinajstić information content (AvgIpc) is 2.36. The zero-order valence-corrected chi connectivity index (χ0v) is 10.3. The minimum Gasteiger partial charge on any atom is -0.310 e. The third-order valence-corrected chi connectivity index (χ3v) is 3.68. The molecule has 1 saturated carbocycles. The number of nitrogens with one attached hydrogen (secondary N) is 1. The van der Waals surface area contributed by atoms with Crippen LogP contribution in [-0.4, -0.2) is 15.8 Å². The van der Waals surface area contributed by atoms with Gasteiger partial charge in [-0.3, -0.25) is 4.68 Å². The van der Waals surface area contributed by atoms with Gasteiger partial charge in [-0.05, 0) is 25.7 Å². The maximum absolute atomic E-state index is 6.15. The van der Waals surface area contributed by atoms with Crippen LogP contribution >= 0.6 is 11.6 Å². The van der Waals surface area contributed by atoms with Crippen molar-refractivity contribution in [3.05, 3.63) is 16.4 Å². The van der Waals surface area contributed by atoms with Gasteiger partial charge in [0.2, 0.25) is 0 Å². The van der Waals surface area contributed by atoms with Gasteiger partial charge >= 0.3 is 0 Å². The van der Waals surface area contributed by atoms with Crippen molar-refractivity contribution in [3.8, 4) is 0 Å². The van der Waals surface area contributed by atoms with Gasteiger partial charge in [0, 0.05) is 25.2 Å². The van der Waals surface area contributed by atoms with Crippen LogP contribution in [0.4, 0.5) is 0 Å². The standard InChI is InChI=1S/C11H18ClN3/c1-7-4-9(5-7)13-6-10-8(2)14-15(3)11(10)12/h7,9,13H,4-6H2,1-3H3. The molecule has 4 heteroatoms. The van der Waals surface area contributed by atoms with Crippen LogP contribution in [0.15, 0.2) is 0 Å². The monoisotopic (exact) mass is 227 g/mol. The fraction of sp³-hybridized carbons (Fsp3) is 0.727. The number of nitrogens with zero attached hydrogens (tertiary/aromatic N) is 2. The number of aryl methyl sites for hydroxylation is 2. The minimum atomic E-state index is 0.677. The first kappa shape index (κ1) is 11.0. The van der Waals surface area contributed by atoms with Gasteiger partial charge < -0.3 is 5.32 Å². The Labute approximate surface area is 95.8 Å². The number of rotatable bonds is 3. The van der Waals surface area contributed by atoms with E-state index in [0.29, 0.717) is 6.04 Å². The molecule has 0 amide bonds. The molecule has 0 bridgehead atoms. The van der Waals surface area contributed by atoms with Gasteiger partial charge in [0.05, 0.1) is 5.69 Å². The van der Waals surface area contributed by atoms with Crippen LogP contribution < -0.4 is 5.32 Å². The summed E-state index contributed by atoms with van der Waals surface area (Å²) in [7, 11) is 1.88. The Balaban J connectivity index is 1.93. The molecule has 0 aliphatic heterocycles. The largest absolute Gasteiger partial charge is 0.310 e. The summed E-state index contributed by atoms with van der Waals surface area (Å²) >= 11 is 6.15. The van der Waals surface area contributed by atoms with Gasteiger partial charge in [0.15, 0.2) is 0 Å². The SMILES string of the molecule is Cc1nn(C)c(Cl)c1CNC1CC(C)C1. The highest BCUT2D eigenvalue weighted by Gasteiger charge is 2.25. The van der Waals surface area contributed by atoms with Crippen molar-refractivity contribution in [2.45, 2.75) is 39.3 Å². The second-order valence-electron chi connectivity index (χ2n) is 4.63. The van der Waals surface area contributed by atoms with Gasteiger partial charge in [-0.25, -0.2) is 0 Å². The predicted molar refractivity (Wildman–Crippen MR) is 62.0 cm³/mol. The van der Waals surface area contributed by atoms with Crippen LogP contribution in [0.2, 0.25) is 5.15 Å². The molecule has 0 radical (unpaired) electrons. The molecule has 15 heavy (non-hydrogen) atoms. The third kappa shape index (κ3) is 2.18. The topological polar surface area (TPSA) is 29.9 Å². The van der Waals surface area contributed by atoms with Crippen LogP contribution in [0.1, 0.15) is 31.0 Å². The van der Waals surface area contributed by atoms with Crippen molar-refractivity contribution >= 4 is 11.6 Å². The molecule has 0 saturated heterocycles. The quantitative estimate of drug-likeness (QED) is 0.859. The van der Waals surface area contributed by atoms with Crippen LogP contribution in [0.25, 0.3) is 0 Å². The Morgan fingerprint density at radius 1 is 1.53 bits per heavy atom. The summed E-state index contributed by atoms with van der Waals surface area (Å²) in [5.74, 6) is 0.882. The van der Waals surface area contributed by atoms with E-state index in [1.165, 1.54) is 12.8 Å². The molecule has 1 aliphatic rings. The Hall–Kier alpha value is -0.540. The Morgan fingerprint density at radius 2 is 2.20 bits per heavy atom. The summed E-state index contributed by atoms with van der Waals surface area (Å²) in [5, 5.41) is 8.57. The van der Waals surface area contributed by atoms with Crippen molar-refractivity contribution in [3.63, 3.8) is 0 Å². The highest BCUT2D eigenvalue weighted by Crippen LogP contribution is 2.27. The molecule has 0 spiro atoms. The van der Waals surface area contributed by atoms with Crippen molar-refractivity contribution in [1.82, 2.24) is 15.1 Å². The molecule has 1 aliphatic carbocycles. The molecular weight excluding hydrogens is 210 g/mol. The lowest BCUT2D eigenvalue weighted by atomic mass is 9.82. The van der Waals surface area contributed by atoms with Crippen molar-refractivity contribution in [2.24, 2.45) is 13.0 Å². The van der Waals surface area contributed by atoms with Crippen LogP contribution in [0.3, 0.4) is 0 Å². The van der Waals surface area contributed by atoms with E-state index in [1.54, 1.807) is 4.68 Å². The van der Waals surface area contributed by atoms with Gasteiger partial charge in [-0.15, -0.1) is 0 Å². The lowest BCUT2D eigenvalue weighted by Gasteiger charge is -2.33. The molecule has 2 rings (SSSR count). The summed E-state index contributed by atoms with van der Waals surface area (Å²) in [4.78, 5) is 0. The van der Waals surface area contributed by atoms with Crippen LogP contribution in [0.5, 0.6) is 0 Å². The normalized spacial score (nSPS) is 25.3. The van der Waals surface area contributed by atoms with Gasteiger partial charge in [0.1, 0.15) is 5.15 Å². The summed E-state index contributed by atoms with van der Waals surface area (Å²) in [6.07, 6.45) is 2.58. The first-order chi connectivity index (χ1) is 7.08. The highest BCUT2D eigenvalue weighted by molar-refractivity contribution is 6.30.